The van der Waals surface area contributed by atoms with Crippen molar-refractivity contribution < 1.29 is 19.5 Å². The Morgan fingerprint density at radius 3 is 2.87 bits per heavy atom. The molecule has 6 atom stereocenters. The summed E-state index contributed by atoms with van der Waals surface area (Å²) >= 11 is 0. The van der Waals surface area contributed by atoms with Gasteiger partial charge < -0.3 is 24.9 Å². The van der Waals surface area contributed by atoms with Gasteiger partial charge in [-0.3, -0.25) is 4.79 Å². The van der Waals surface area contributed by atoms with Gasteiger partial charge in [0.1, 0.15) is 36.1 Å². The van der Waals surface area contributed by atoms with E-state index in [-0.39, 0.29) is 11.9 Å². The summed E-state index contributed by atoms with van der Waals surface area (Å²) in [5, 5.41) is 20.6. The number of aromatic amines is 2. The first-order chi connectivity index (χ1) is 10.9. The Kier molecular flexibility index (Phi) is 4.60. The Morgan fingerprint density at radius 2 is 2.17 bits per heavy atom. The van der Waals surface area contributed by atoms with E-state index in [1.807, 2.05) is 0 Å². The molecule has 3 heterocycles. The van der Waals surface area contributed by atoms with Crippen molar-refractivity contribution in [2.75, 3.05) is 13.0 Å². The fourth-order valence-corrected chi connectivity index (χ4v) is 3.74. The number of aromatic nitrogens is 3. The van der Waals surface area contributed by atoms with Gasteiger partial charge >= 0.3 is 7.80 Å². The lowest BCUT2D eigenvalue weighted by Crippen LogP contribution is -2.34. The molecule has 9 nitrogen and oxygen atoms in total. The highest BCUT2D eigenvalue weighted by atomic mass is 31.1. The summed E-state index contributed by atoms with van der Waals surface area (Å²) in [4.78, 5) is 21.2. The molecule has 0 radical (unpaired) electrons. The molecule has 11 heteroatoms. The van der Waals surface area contributed by atoms with Crippen molar-refractivity contribution in [2.24, 2.45) is 0 Å². The summed E-state index contributed by atoms with van der Waals surface area (Å²) in [7, 11) is 0.874. The highest BCUT2D eigenvalue weighted by Crippen LogP contribution is 2.41. The lowest BCUT2D eigenvalue weighted by Gasteiger charge is -2.24. The molecule has 0 bridgehead atoms. The van der Waals surface area contributed by atoms with Gasteiger partial charge in [-0.15, -0.1) is 0 Å². The van der Waals surface area contributed by atoms with Crippen molar-refractivity contribution >= 4 is 28.2 Å². The number of rotatable bonds is 4. The fraction of sp³-hybridized carbons (Fsp3) is 0.500. The first kappa shape index (κ1) is 16.6. The largest absolute Gasteiger partial charge is 0.388 e. The van der Waals surface area contributed by atoms with Gasteiger partial charge in [0.2, 0.25) is 6.35 Å². The Labute approximate surface area is 134 Å². The molecule has 1 aliphatic heterocycles. The number of nitrogens with zero attached hydrogens (tertiary/aromatic N) is 2. The van der Waals surface area contributed by atoms with Crippen molar-refractivity contribution in [1.82, 2.24) is 19.6 Å². The van der Waals surface area contributed by atoms with E-state index in [0.29, 0.717) is 16.6 Å². The quantitative estimate of drug-likeness (QED) is 0.560. The first-order valence-electron chi connectivity index (χ1n) is 6.85. The van der Waals surface area contributed by atoms with Crippen LogP contribution in [0.3, 0.4) is 0 Å². The summed E-state index contributed by atoms with van der Waals surface area (Å²) in [5.74, 6) is 0. The Hall–Kier alpha value is -1.21. The SMILES string of the molecule is C[P+](=O)CO[C@@H]1[C@@H](O)[C@@H](O)[C@H](c2c[nH]c3c(=O)[nH]cnc23)N1P. The van der Waals surface area contributed by atoms with Gasteiger partial charge in [0, 0.05) is 11.8 Å². The smallest absolute Gasteiger partial charge is 0.363 e. The topological polar surface area (TPSA) is 132 Å². The molecule has 2 unspecified atom stereocenters. The van der Waals surface area contributed by atoms with Crippen LogP contribution in [0.2, 0.25) is 0 Å². The number of hydrogen-bond donors (Lipinski definition) is 4. The van der Waals surface area contributed by atoms with Gasteiger partial charge in [0.05, 0.1) is 12.4 Å². The van der Waals surface area contributed by atoms with Crippen molar-refractivity contribution in [1.29, 1.82) is 0 Å². The average Bonchev–Trinajstić information content (AvgIpc) is 3.00. The van der Waals surface area contributed by atoms with E-state index in [9.17, 15) is 19.6 Å². The Morgan fingerprint density at radius 1 is 1.43 bits per heavy atom. The van der Waals surface area contributed by atoms with E-state index < -0.39 is 32.3 Å². The molecule has 2 aromatic heterocycles. The molecule has 2 aromatic rings. The van der Waals surface area contributed by atoms with Crippen LogP contribution in [-0.2, 0) is 9.30 Å². The van der Waals surface area contributed by atoms with Crippen LogP contribution >= 0.6 is 17.2 Å². The maximum Gasteiger partial charge on any atom is 0.363 e. The average molecular weight is 359 g/mol. The number of hydrogen-bond acceptors (Lipinski definition) is 7. The molecular formula is C12H17N4O5P2+. The lowest BCUT2D eigenvalue weighted by atomic mass is 10.0. The standard InChI is InChI=1S/C12H16N4O5P2/c1-23(20)4-21-12-10(18)9(17)8(16(12)22)5-2-13-7-6(5)14-3-15-11(7)19/h2-3,8-10,12,17-18H,4,22H2,1H3,(H-,13,14,15,19)/p+1/t8-,9-,10-,12+/m0/s1. The molecule has 3 rings (SSSR count). The molecule has 124 valence electrons. The summed E-state index contributed by atoms with van der Waals surface area (Å²) in [6, 6.07) is -0.641. The van der Waals surface area contributed by atoms with Crippen LogP contribution in [0, 0.1) is 0 Å². The van der Waals surface area contributed by atoms with Gasteiger partial charge in [0.15, 0.2) is 0 Å². The zero-order valence-electron chi connectivity index (χ0n) is 12.2. The molecular weight excluding hydrogens is 342 g/mol. The molecule has 1 fully saturated rings. The van der Waals surface area contributed by atoms with Gasteiger partial charge in [-0.25, -0.2) is 9.65 Å². The van der Waals surface area contributed by atoms with Crippen LogP contribution < -0.4 is 5.56 Å². The van der Waals surface area contributed by atoms with Crippen LogP contribution in [-0.4, -0.2) is 61.3 Å². The minimum atomic E-state index is -1.53. The zero-order valence-corrected chi connectivity index (χ0v) is 14.3. The molecule has 23 heavy (non-hydrogen) atoms. The van der Waals surface area contributed by atoms with Crippen LogP contribution in [0.25, 0.3) is 11.0 Å². The molecule has 0 aromatic carbocycles. The van der Waals surface area contributed by atoms with Crippen molar-refractivity contribution in [2.45, 2.75) is 24.5 Å². The predicted molar refractivity (Wildman–Crippen MR) is 86.3 cm³/mol. The van der Waals surface area contributed by atoms with Gasteiger partial charge in [-0.05, 0) is 0 Å². The maximum absolute atomic E-state index is 11.8. The number of fused-ring (bicyclic) bond motifs is 1. The second-order valence-electron chi connectivity index (χ2n) is 5.39. The third kappa shape index (κ3) is 2.85. The van der Waals surface area contributed by atoms with Crippen LogP contribution in [0.15, 0.2) is 17.3 Å². The minimum Gasteiger partial charge on any atom is -0.388 e. The molecule has 1 aliphatic rings. The predicted octanol–water partition coefficient (Wildman–Crippen LogP) is -0.123. The summed E-state index contributed by atoms with van der Waals surface area (Å²) in [6.45, 7) is 1.52. The minimum absolute atomic E-state index is 0.0206. The van der Waals surface area contributed by atoms with Crippen molar-refractivity contribution in [3.8, 4) is 0 Å². The number of nitrogens with one attached hydrogen (secondary N) is 2. The van der Waals surface area contributed by atoms with E-state index in [4.69, 9.17) is 4.74 Å². The van der Waals surface area contributed by atoms with E-state index in [2.05, 4.69) is 24.3 Å². The van der Waals surface area contributed by atoms with Crippen molar-refractivity contribution in [3.63, 3.8) is 0 Å². The van der Waals surface area contributed by atoms with Crippen LogP contribution in [0.1, 0.15) is 11.6 Å². The molecule has 4 N–H and O–H groups in total. The molecule has 1 saturated heterocycles. The molecule has 0 spiro atoms. The van der Waals surface area contributed by atoms with E-state index in [1.54, 1.807) is 10.9 Å². The zero-order chi connectivity index (χ0) is 16.7. The first-order valence-corrected chi connectivity index (χ1v) is 9.26. The fourth-order valence-electron chi connectivity index (χ4n) is 2.77. The number of aliphatic hydroxyl groups excluding tert-OH is 2. The van der Waals surface area contributed by atoms with Gasteiger partial charge in [-0.1, -0.05) is 14.0 Å². The lowest BCUT2D eigenvalue weighted by molar-refractivity contribution is -0.0640. The van der Waals surface area contributed by atoms with Gasteiger partial charge in [-0.2, -0.15) is 0 Å². The molecule has 0 amide bonds. The third-order valence-electron chi connectivity index (χ3n) is 3.82. The number of ether oxygens (including phenoxy) is 1. The van der Waals surface area contributed by atoms with Crippen molar-refractivity contribution in [3.05, 3.63) is 28.4 Å². The van der Waals surface area contributed by atoms with E-state index in [0.717, 1.165) is 0 Å². The summed E-state index contributed by atoms with van der Waals surface area (Å²) < 4.78 is 18.2. The highest BCUT2D eigenvalue weighted by Gasteiger charge is 2.49. The third-order valence-corrected chi connectivity index (χ3v) is 4.95. The number of aliphatic hydroxyl groups is 2. The van der Waals surface area contributed by atoms with E-state index in [1.165, 1.54) is 13.0 Å². The Bertz CT molecular complexity index is 793. The summed E-state index contributed by atoms with van der Waals surface area (Å²) in [5.41, 5.74) is 0.961. The van der Waals surface area contributed by atoms with Crippen LogP contribution in [0.5, 0.6) is 0 Å². The van der Waals surface area contributed by atoms with Crippen LogP contribution in [0.4, 0.5) is 0 Å². The number of H-pyrrole nitrogens is 2. The van der Waals surface area contributed by atoms with Gasteiger partial charge in [0.25, 0.3) is 5.56 Å². The molecule has 0 saturated carbocycles. The normalized spacial score (nSPS) is 29.3. The monoisotopic (exact) mass is 359 g/mol. The second kappa shape index (κ2) is 6.36. The maximum atomic E-state index is 11.8. The Balaban J connectivity index is 1.96. The second-order valence-corrected chi connectivity index (χ2v) is 7.50. The molecule has 0 aliphatic carbocycles. The highest BCUT2D eigenvalue weighted by molar-refractivity contribution is 7.43. The summed E-state index contributed by atoms with van der Waals surface area (Å²) in [6.07, 6.45) is -0.319. The van der Waals surface area contributed by atoms with E-state index >= 15 is 0 Å².